The highest BCUT2D eigenvalue weighted by Crippen LogP contribution is 2.30. The summed E-state index contributed by atoms with van der Waals surface area (Å²) in [4.78, 5) is 20.8. The molecule has 0 bridgehead atoms. The van der Waals surface area contributed by atoms with Crippen LogP contribution in [0.5, 0.6) is 5.88 Å². The number of fused-ring (bicyclic) bond motifs is 1. The highest BCUT2D eigenvalue weighted by atomic mass is 16.6. The van der Waals surface area contributed by atoms with Crippen molar-refractivity contribution < 1.29 is 19.4 Å². The minimum absolute atomic E-state index is 0.0981. The smallest absolute Gasteiger partial charge is 0.407 e. The zero-order valence-electron chi connectivity index (χ0n) is 17.6. The van der Waals surface area contributed by atoms with E-state index < -0.39 is 11.7 Å². The first kappa shape index (κ1) is 21.3. The predicted octanol–water partition coefficient (Wildman–Crippen LogP) is 3.63. The third-order valence-corrected chi connectivity index (χ3v) is 5.32. The Labute approximate surface area is 171 Å². The van der Waals surface area contributed by atoms with Gasteiger partial charge in [-0.15, -0.1) is 0 Å². The number of aliphatic hydroxyl groups excluding tert-OH is 1. The Hall–Kier alpha value is -2.41. The van der Waals surface area contributed by atoms with Gasteiger partial charge >= 0.3 is 6.09 Å². The molecule has 2 aromatic rings. The monoisotopic (exact) mass is 401 g/mol. The summed E-state index contributed by atoms with van der Waals surface area (Å²) in [5, 5.41) is 13.8. The molecule has 0 saturated heterocycles. The third-order valence-electron chi connectivity index (χ3n) is 5.32. The fourth-order valence-corrected chi connectivity index (χ4v) is 3.85. The Balaban J connectivity index is 1.57. The van der Waals surface area contributed by atoms with E-state index >= 15 is 0 Å². The van der Waals surface area contributed by atoms with Crippen molar-refractivity contribution in [3.8, 4) is 5.88 Å². The maximum Gasteiger partial charge on any atom is 0.407 e. The van der Waals surface area contributed by atoms with E-state index in [1.165, 1.54) is 0 Å². The van der Waals surface area contributed by atoms with E-state index in [4.69, 9.17) is 9.47 Å². The lowest BCUT2D eigenvalue weighted by atomic mass is 9.81. The van der Waals surface area contributed by atoms with Gasteiger partial charge in [-0.25, -0.2) is 9.78 Å². The average Bonchev–Trinajstić information content (AvgIpc) is 2.67. The molecule has 7 heteroatoms. The van der Waals surface area contributed by atoms with Crippen LogP contribution in [0.25, 0.3) is 11.0 Å². The number of carbonyl (C=O) groups is 1. The van der Waals surface area contributed by atoms with Crippen LogP contribution in [-0.4, -0.2) is 46.0 Å². The number of nitrogens with one attached hydrogen (secondary N) is 1. The molecule has 0 radical (unpaired) electrons. The standard InChI is InChI=1S/C22H31N3O4/c1-22(2,3)29-21(27)24-16-7-5-14(6-8-16)18(26)13-15-11-12-23-17-9-10-19(28-4)25-20(15)17/h9-12,14,16,18,26H,5-8,13H2,1-4H3,(H,24,27)/t14?,16?,18-/m1/s1. The van der Waals surface area contributed by atoms with E-state index in [1.807, 2.05) is 32.9 Å². The molecule has 1 fully saturated rings. The predicted molar refractivity (Wildman–Crippen MR) is 111 cm³/mol. The van der Waals surface area contributed by atoms with Crippen LogP contribution in [0, 0.1) is 5.92 Å². The molecular weight excluding hydrogens is 370 g/mol. The molecular formula is C22H31N3O4. The maximum absolute atomic E-state index is 12.0. The van der Waals surface area contributed by atoms with Crippen LogP contribution < -0.4 is 10.1 Å². The molecule has 3 rings (SSSR count). The SMILES string of the molecule is COc1ccc2nccc(C[C@@H](O)C3CCC(NC(=O)OC(C)(C)C)CC3)c2n1. The Morgan fingerprint density at radius 1 is 1.24 bits per heavy atom. The molecule has 7 nitrogen and oxygen atoms in total. The van der Waals surface area contributed by atoms with Gasteiger partial charge < -0.3 is 19.9 Å². The van der Waals surface area contributed by atoms with Gasteiger partial charge in [0.15, 0.2) is 0 Å². The first-order valence-electron chi connectivity index (χ1n) is 10.2. The molecule has 1 aliphatic rings. The van der Waals surface area contributed by atoms with Crippen molar-refractivity contribution in [2.45, 2.75) is 70.6 Å². The Morgan fingerprint density at radius 2 is 1.97 bits per heavy atom. The summed E-state index contributed by atoms with van der Waals surface area (Å²) in [6.07, 6.45) is 4.84. The molecule has 1 amide bonds. The van der Waals surface area contributed by atoms with Crippen LogP contribution >= 0.6 is 0 Å². The summed E-state index contributed by atoms with van der Waals surface area (Å²) in [5.41, 5.74) is 2.03. The molecule has 0 aromatic carbocycles. The van der Waals surface area contributed by atoms with Crippen molar-refractivity contribution in [3.05, 3.63) is 30.0 Å². The van der Waals surface area contributed by atoms with Gasteiger partial charge in [-0.2, -0.15) is 0 Å². The first-order chi connectivity index (χ1) is 13.7. The van der Waals surface area contributed by atoms with Gasteiger partial charge in [0.05, 0.1) is 24.2 Å². The van der Waals surface area contributed by atoms with E-state index in [-0.39, 0.29) is 18.1 Å². The van der Waals surface area contributed by atoms with Crippen LogP contribution in [0.3, 0.4) is 0 Å². The summed E-state index contributed by atoms with van der Waals surface area (Å²) in [6, 6.07) is 5.67. The van der Waals surface area contributed by atoms with Gasteiger partial charge in [-0.3, -0.25) is 4.98 Å². The lowest BCUT2D eigenvalue weighted by molar-refractivity contribution is 0.0451. The Kier molecular flexibility index (Phi) is 6.57. The van der Waals surface area contributed by atoms with E-state index in [1.54, 1.807) is 19.4 Å². The van der Waals surface area contributed by atoms with Crippen LogP contribution in [0.15, 0.2) is 24.4 Å². The maximum atomic E-state index is 12.0. The molecule has 1 saturated carbocycles. The molecule has 1 atom stereocenters. The number of amides is 1. The van der Waals surface area contributed by atoms with Crippen molar-refractivity contribution in [3.63, 3.8) is 0 Å². The van der Waals surface area contributed by atoms with Gasteiger partial charge in [0.25, 0.3) is 0 Å². The highest BCUT2D eigenvalue weighted by molar-refractivity contribution is 5.78. The number of aliphatic hydroxyl groups is 1. The second-order valence-electron chi connectivity index (χ2n) is 8.72. The molecule has 1 aliphatic carbocycles. The van der Waals surface area contributed by atoms with Gasteiger partial charge in [0.2, 0.25) is 5.88 Å². The summed E-state index contributed by atoms with van der Waals surface area (Å²) >= 11 is 0. The molecule has 2 heterocycles. The Bertz CT molecular complexity index is 842. The van der Waals surface area contributed by atoms with E-state index in [0.29, 0.717) is 12.3 Å². The third kappa shape index (κ3) is 5.79. The van der Waals surface area contributed by atoms with E-state index in [9.17, 15) is 9.90 Å². The van der Waals surface area contributed by atoms with Crippen LogP contribution in [0.2, 0.25) is 0 Å². The van der Waals surface area contributed by atoms with E-state index in [0.717, 1.165) is 42.3 Å². The second kappa shape index (κ2) is 8.95. The Morgan fingerprint density at radius 3 is 2.62 bits per heavy atom. The second-order valence-corrected chi connectivity index (χ2v) is 8.72. The number of ether oxygens (including phenoxy) is 2. The lowest BCUT2D eigenvalue weighted by Gasteiger charge is -2.32. The number of carbonyl (C=O) groups excluding carboxylic acids is 1. The lowest BCUT2D eigenvalue weighted by Crippen LogP contribution is -2.42. The molecule has 29 heavy (non-hydrogen) atoms. The topological polar surface area (TPSA) is 93.6 Å². The summed E-state index contributed by atoms with van der Waals surface area (Å²) < 4.78 is 10.6. The minimum Gasteiger partial charge on any atom is -0.481 e. The number of methoxy groups -OCH3 is 1. The number of aromatic nitrogens is 2. The number of rotatable bonds is 5. The van der Waals surface area contributed by atoms with Crippen LogP contribution in [-0.2, 0) is 11.2 Å². The van der Waals surface area contributed by atoms with Crippen molar-refractivity contribution >= 4 is 17.1 Å². The number of hydrogen-bond donors (Lipinski definition) is 2. The average molecular weight is 402 g/mol. The highest BCUT2D eigenvalue weighted by Gasteiger charge is 2.29. The quantitative estimate of drug-likeness (QED) is 0.795. The summed E-state index contributed by atoms with van der Waals surface area (Å²) in [5.74, 6) is 0.732. The summed E-state index contributed by atoms with van der Waals surface area (Å²) in [7, 11) is 1.59. The van der Waals surface area contributed by atoms with Crippen LogP contribution in [0.1, 0.15) is 52.0 Å². The van der Waals surface area contributed by atoms with Gasteiger partial charge in [0, 0.05) is 24.7 Å². The molecule has 0 aliphatic heterocycles. The van der Waals surface area contributed by atoms with E-state index in [2.05, 4.69) is 15.3 Å². The van der Waals surface area contributed by atoms with Crippen molar-refractivity contribution in [1.82, 2.24) is 15.3 Å². The summed E-state index contributed by atoms with van der Waals surface area (Å²) in [6.45, 7) is 5.56. The molecule has 0 spiro atoms. The fourth-order valence-electron chi connectivity index (χ4n) is 3.85. The van der Waals surface area contributed by atoms with Crippen molar-refractivity contribution in [1.29, 1.82) is 0 Å². The number of hydrogen-bond acceptors (Lipinski definition) is 6. The minimum atomic E-state index is -0.499. The largest absolute Gasteiger partial charge is 0.481 e. The number of nitrogens with zero attached hydrogens (tertiary/aromatic N) is 2. The number of alkyl carbamates (subject to hydrolysis) is 1. The zero-order chi connectivity index (χ0) is 21.0. The van der Waals surface area contributed by atoms with Gasteiger partial charge in [0.1, 0.15) is 5.60 Å². The van der Waals surface area contributed by atoms with Crippen LogP contribution in [0.4, 0.5) is 4.79 Å². The molecule has 0 unspecified atom stereocenters. The number of pyridine rings is 2. The normalized spacial score (nSPS) is 20.9. The molecule has 2 N–H and O–H groups in total. The first-order valence-corrected chi connectivity index (χ1v) is 10.2. The van der Waals surface area contributed by atoms with Gasteiger partial charge in [-0.1, -0.05) is 0 Å². The van der Waals surface area contributed by atoms with Crippen molar-refractivity contribution in [2.24, 2.45) is 5.92 Å². The molecule has 2 aromatic heterocycles. The van der Waals surface area contributed by atoms with Gasteiger partial charge in [-0.05, 0) is 70.1 Å². The fraction of sp³-hybridized carbons (Fsp3) is 0.591. The molecule has 158 valence electrons. The van der Waals surface area contributed by atoms with Crippen molar-refractivity contribution in [2.75, 3.05) is 7.11 Å². The zero-order valence-corrected chi connectivity index (χ0v) is 17.6.